The lowest BCUT2D eigenvalue weighted by atomic mass is 9.94. The second kappa shape index (κ2) is 11.0. The third kappa shape index (κ3) is 6.46. The van der Waals surface area contributed by atoms with Crippen LogP contribution in [0.4, 0.5) is 22.0 Å². The van der Waals surface area contributed by atoms with Crippen molar-refractivity contribution in [2.75, 3.05) is 0 Å². The Morgan fingerprint density at radius 3 is 2.38 bits per heavy atom. The largest absolute Gasteiger partial charge is 0.435 e. The highest BCUT2D eigenvalue weighted by Gasteiger charge is 2.34. The number of benzene rings is 2. The highest BCUT2D eigenvalue weighted by atomic mass is 19.4. The maximum Gasteiger partial charge on any atom is 0.435 e. The number of nitrogens with zero attached hydrogens (tertiary/aromatic N) is 3. The van der Waals surface area contributed by atoms with Crippen LogP contribution in [0.1, 0.15) is 46.3 Å². The number of aromatic nitrogens is 3. The van der Waals surface area contributed by atoms with Crippen LogP contribution < -0.4 is 11.1 Å². The van der Waals surface area contributed by atoms with Gasteiger partial charge in [-0.2, -0.15) is 18.3 Å². The highest BCUT2D eigenvalue weighted by molar-refractivity contribution is 5.94. The van der Waals surface area contributed by atoms with E-state index in [0.717, 1.165) is 29.1 Å². The Hall–Kier alpha value is -4.61. The second-order valence-electron chi connectivity index (χ2n) is 8.78. The van der Waals surface area contributed by atoms with E-state index in [1.807, 2.05) is 0 Å². The maximum absolute atomic E-state index is 14.0. The predicted octanol–water partition coefficient (Wildman–Crippen LogP) is 5.00. The van der Waals surface area contributed by atoms with Crippen LogP contribution in [0.25, 0.3) is 11.1 Å². The first kappa shape index (κ1) is 27.4. The highest BCUT2D eigenvalue weighted by Crippen LogP contribution is 2.31. The average molecular weight is 543 g/mol. The molecule has 2 atom stereocenters. The lowest BCUT2D eigenvalue weighted by molar-refractivity contribution is -0.142. The Morgan fingerprint density at radius 2 is 1.74 bits per heavy atom. The van der Waals surface area contributed by atoms with E-state index in [9.17, 15) is 31.5 Å². The molecule has 0 saturated heterocycles. The summed E-state index contributed by atoms with van der Waals surface area (Å²) in [5.74, 6) is -3.02. The van der Waals surface area contributed by atoms with Crippen molar-refractivity contribution >= 4 is 11.8 Å². The number of nitrogens with two attached hydrogens (primary N) is 1. The third-order valence-corrected chi connectivity index (χ3v) is 5.98. The zero-order valence-corrected chi connectivity index (χ0v) is 20.4. The number of carbonyl (C=O) groups excluding carboxylic acids is 2. The number of alkyl halides is 3. The molecule has 2 amide bonds. The van der Waals surface area contributed by atoms with Crippen molar-refractivity contribution in [1.82, 2.24) is 20.1 Å². The van der Waals surface area contributed by atoms with Gasteiger partial charge in [0.1, 0.15) is 17.7 Å². The standard InChI is InChI=1S/C27H22F5N5O2/c1-15(37-9-7-23(36-37)27(30,31)32)26(39)35-22(12-16-10-19(28)14-20(29)11-16)24-21(6-3-8-34-24)17-4-2-5-18(13-17)25(33)38/h2-11,13-15,22H,12H2,1H3,(H2,33,38)(H,35,39)/t15?,22-/m0/s1. The molecule has 202 valence electrons. The summed E-state index contributed by atoms with van der Waals surface area (Å²) in [6.45, 7) is 1.36. The van der Waals surface area contributed by atoms with Gasteiger partial charge in [-0.05, 0) is 60.9 Å². The molecule has 4 rings (SSSR count). The second-order valence-corrected chi connectivity index (χ2v) is 8.78. The molecule has 12 heteroatoms. The summed E-state index contributed by atoms with van der Waals surface area (Å²) in [6, 6.07) is 11.2. The summed E-state index contributed by atoms with van der Waals surface area (Å²) in [5.41, 5.74) is 6.00. The van der Waals surface area contributed by atoms with Crippen LogP contribution in [0, 0.1) is 11.6 Å². The smallest absolute Gasteiger partial charge is 0.366 e. The van der Waals surface area contributed by atoms with Gasteiger partial charge in [0.15, 0.2) is 5.69 Å². The van der Waals surface area contributed by atoms with Gasteiger partial charge < -0.3 is 11.1 Å². The van der Waals surface area contributed by atoms with Gasteiger partial charge in [-0.15, -0.1) is 0 Å². The van der Waals surface area contributed by atoms with Crippen molar-refractivity contribution in [1.29, 1.82) is 0 Å². The normalized spacial score (nSPS) is 13.1. The monoisotopic (exact) mass is 543 g/mol. The van der Waals surface area contributed by atoms with Crippen molar-refractivity contribution in [3.63, 3.8) is 0 Å². The first-order valence-corrected chi connectivity index (χ1v) is 11.6. The number of halogens is 5. The van der Waals surface area contributed by atoms with Gasteiger partial charge in [-0.3, -0.25) is 19.3 Å². The van der Waals surface area contributed by atoms with Crippen molar-refractivity contribution in [3.05, 3.63) is 107 Å². The fourth-order valence-electron chi connectivity index (χ4n) is 4.08. The molecule has 2 aromatic carbocycles. The molecule has 0 aliphatic carbocycles. The molecule has 0 radical (unpaired) electrons. The minimum atomic E-state index is -4.69. The molecule has 0 bridgehead atoms. The van der Waals surface area contributed by atoms with Crippen LogP contribution in [-0.2, 0) is 17.4 Å². The van der Waals surface area contributed by atoms with Crippen LogP contribution in [0.2, 0.25) is 0 Å². The molecular weight excluding hydrogens is 521 g/mol. The third-order valence-electron chi connectivity index (χ3n) is 5.98. The fraction of sp³-hybridized carbons (Fsp3) is 0.185. The Morgan fingerprint density at radius 1 is 1.03 bits per heavy atom. The van der Waals surface area contributed by atoms with Gasteiger partial charge in [0.05, 0.1) is 11.7 Å². The number of primary amides is 1. The van der Waals surface area contributed by atoms with Gasteiger partial charge in [0.25, 0.3) is 0 Å². The van der Waals surface area contributed by atoms with E-state index < -0.39 is 47.4 Å². The van der Waals surface area contributed by atoms with Crippen molar-refractivity contribution in [2.24, 2.45) is 5.73 Å². The molecule has 2 heterocycles. The minimum Gasteiger partial charge on any atom is -0.366 e. The molecule has 2 aromatic heterocycles. The summed E-state index contributed by atoms with van der Waals surface area (Å²) >= 11 is 0. The minimum absolute atomic E-state index is 0.112. The molecule has 39 heavy (non-hydrogen) atoms. The Balaban J connectivity index is 1.73. The van der Waals surface area contributed by atoms with Crippen LogP contribution in [0.3, 0.4) is 0 Å². The number of amides is 2. The zero-order valence-electron chi connectivity index (χ0n) is 20.4. The summed E-state index contributed by atoms with van der Waals surface area (Å²) in [5, 5.41) is 6.19. The summed E-state index contributed by atoms with van der Waals surface area (Å²) in [4.78, 5) is 29.3. The molecule has 1 unspecified atom stereocenters. The molecule has 0 aliphatic rings. The molecular formula is C27H22F5N5O2. The van der Waals surface area contributed by atoms with Crippen LogP contribution in [0.15, 0.2) is 73.1 Å². The quantitative estimate of drug-likeness (QED) is 0.305. The van der Waals surface area contributed by atoms with Gasteiger partial charge in [-0.1, -0.05) is 18.2 Å². The molecule has 0 fully saturated rings. The number of carbonyl (C=O) groups is 2. The van der Waals surface area contributed by atoms with E-state index in [1.165, 1.54) is 25.3 Å². The predicted molar refractivity (Wildman–Crippen MR) is 131 cm³/mol. The van der Waals surface area contributed by atoms with Crippen molar-refractivity contribution in [2.45, 2.75) is 31.6 Å². The molecule has 0 aliphatic heterocycles. The Labute approximate surface area is 219 Å². The number of pyridine rings is 1. The first-order chi connectivity index (χ1) is 18.4. The van der Waals surface area contributed by atoms with E-state index >= 15 is 0 Å². The van der Waals surface area contributed by atoms with Crippen molar-refractivity contribution < 1.29 is 31.5 Å². The molecule has 7 nitrogen and oxygen atoms in total. The first-order valence-electron chi connectivity index (χ1n) is 11.6. The summed E-state index contributed by atoms with van der Waals surface area (Å²) in [6.07, 6.45) is -2.31. The van der Waals surface area contributed by atoms with Gasteiger partial charge in [0.2, 0.25) is 11.8 Å². The molecule has 0 saturated carbocycles. The SMILES string of the molecule is CC(C(=O)N[C@@H](Cc1cc(F)cc(F)c1)c1ncccc1-c1cccc(C(N)=O)c1)n1ccc(C(F)(F)F)n1. The Kier molecular flexibility index (Phi) is 7.75. The van der Waals surface area contributed by atoms with Gasteiger partial charge in [-0.25, -0.2) is 8.78 Å². The van der Waals surface area contributed by atoms with Gasteiger partial charge in [0, 0.05) is 29.6 Å². The summed E-state index contributed by atoms with van der Waals surface area (Å²) in [7, 11) is 0. The molecule has 4 aromatic rings. The zero-order chi connectivity index (χ0) is 28.3. The lowest BCUT2D eigenvalue weighted by Gasteiger charge is -2.23. The van der Waals surface area contributed by atoms with E-state index in [0.29, 0.717) is 22.9 Å². The average Bonchev–Trinajstić information content (AvgIpc) is 3.38. The van der Waals surface area contributed by atoms with Crippen LogP contribution in [-0.4, -0.2) is 26.6 Å². The van der Waals surface area contributed by atoms with Crippen LogP contribution in [0.5, 0.6) is 0 Å². The van der Waals surface area contributed by atoms with Crippen molar-refractivity contribution in [3.8, 4) is 11.1 Å². The summed E-state index contributed by atoms with van der Waals surface area (Å²) < 4.78 is 67.8. The maximum atomic E-state index is 14.0. The molecule has 0 spiro atoms. The Bertz CT molecular complexity index is 1500. The number of hydrogen-bond acceptors (Lipinski definition) is 4. The number of nitrogens with one attached hydrogen (secondary N) is 1. The topological polar surface area (TPSA) is 103 Å². The van der Waals surface area contributed by atoms with Gasteiger partial charge >= 0.3 is 6.18 Å². The lowest BCUT2D eigenvalue weighted by Crippen LogP contribution is -2.36. The van der Waals surface area contributed by atoms with Crippen LogP contribution >= 0.6 is 0 Å². The number of hydrogen-bond donors (Lipinski definition) is 2. The van der Waals surface area contributed by atoms with E-state index in [1.54, 1.807) is 24.3 Å². The fourth-order valence-corrected chi connectivity index (χ4v) is 4.08. The van der Waals surface area contributed by atoms with E-state index in [-0.39, 0.29) is 17.5 Å². The number of rotatable bonds is 8. The van der Waals surface area contributed by atoms with E-state index in [2.05, 4.69) is 15.4 Å². The molecule has 3 N–H and O–H groups in total. The van der Waals surface area contributed by atoms with E-state index in [4.69, 9.17) is 5.73 Å².